The Kier molecular flexibility index (Phi) is 38.8. The first kappa shape index (κ1) is 74.9. The molecule has 0 bridgehead atoms. The second-order valence-electron chi connectivity index (χ2n) is 17.8. The number of alkyl carbamates (subject to hydrolysis) is 1. The van der Waals surface area contributed by atoms with Gasteiger partial charge in [-0.2, -0.15) is 0 Å². The standard InChI is InChI=1S/2C15H19NO5.C10H11NO3.C7H5ClO.C4H9O.C3H7NO2.K/c1-15(2,3)21-14(19)16(10-12(17)20-4)13(18)11-8-6-5-7-9-11;1-15(2,3)21-14(19)16-11(13(18)20-4)12(17)10-8-6-5-7-9-10;1-14-9(12)7-11-10(13)8-5-3-2-4-6-8;8-7(9)6-4-2-1-3-5-6;1-4(2,3)5;1-6-3(5)2-4;/h5-9H,10H2,1-4H3;5-9,11H,1-4H3,(H,16,19);2-6H,7H2,1H3,(H,11,13);1-5H;1-3H3;2,4H2,1H3;/q;;;;-1;;+1. The van der Waals surface area contributed by atoms with E-state index in [0.29, 0.717) is 16.7 Å². The largest absolute Gasteiger partial charge is 1.00 e. The van der Waals surface area contributed by atoms with Gasteiger partial charge in [-0.15, -0.1) is 5.60 Å². The number of nitrogens with zero attached hydrogens (tertiary/aromatic N) is 1. The number of nitrogens with two attached hydrogens (primary N) is 1. The van der Waals surface area contributed by atoms with Crippen LogP contribution in [-0.4, -0.2) is 135 Å². The fourth-order valence-corrected chi connectivity index (χ4v) is 4.71. The summed E-state index contributed by atoms with van der Waals surface area (Å²) in [4.78, 5) is 115. The van der Waals surface area contributed by atoms with E-state index in [0.717, 1.165) is 12.0 Å². The SMILES string of the molecule is CC(C)(C)[O-].COC(=O)C(NC(=O)OC(C)(C)C)C(=O)c1ccccc1.COC(=O)CN.COC(=O)CN(C(=O)OC(C)(C)C)C(=O)c1ccccc1.COC(=O)CNC(=O)c1ccccc1.O=C(Cl)c1ccccc1.[K+]. The van der Waals surface area contributed by atoms with E-state index in [1.807, 2.05) is 12.1 Å². The number of ether oxygens (including phenoxy) is 6. The minimum absolute atomic E-state index is 0. The monoisotopic (exact) mass is 1120 g/mol. The maximum absolute atomic E-state index is 12.3. The number of hydrogen-bond acceptors (Lipinski definition) is 18. The topological polar surface area (TPSA) is 302 Å². The number of hydrogen-bond donors (Lipinski definition) is 3. The molecule has 0 heterocycles. The fraction of sp³-hybridized carbons (Fsp3) is 0.370. The number of esters is 4. The van der Waals surface area contributed by atoms with E-state index in [2.05, 4.69) is 29.6 Å². The van der Waals surface area contributed by atoms with Crippen LogP contribution >= 0.6 is 11.6 Å². The van der Waals surface area contributed by atoms with Gasteiger partial charge in [-0.25, -0.2) is 19.3 Å². The fourth-order valence-electron chi connectivity index (χ4n) is 4.58. The molecule has 4 rings (SSSR count). The molecule has 23 heteroatoms. The van der Waals surface area contributed by atoms with Gasteiger partial charge in [0.25, 0.3) is 17.1 Å². The normalized spacial score (nSPS) is 10.3. The molecule has 0 aliphatic heterocycles. The van der Waals surface area contributed by atoms with Crippen molar-refractivity contribution in [2.45, 2.75) is 85.2 Å². The number of halogens is 1. The van der Waals surface area contributed by atoms with Crippen LogP contribution < -0.4 is 72.9 Å². The van der Waals surface area contributed by atoms with Gasteiger partial charge in [0.05, 0.1) is 35.0 Å². The summed E-state index contributed by atoms with van der Waals surface area (Å²) in [5, 5.41) is 14.4. The van der Waals surface area contributed by atoms with E-state index >= 15 is 0 Å². The third-order valence-corrected chi connectivity index (χ3v) is 8.08. The van der Waals surface area contributed by atoms with Gasteiger partial charge in [0, 0.05) is 22.3 Å². The van der Waals surface area contributed by atoms with Crippen molar-refractivity contribution in [1.29, 1.82) is 0 Å². The number of methoxy groups -OCH3 is 4. The number of carbonyl (C=O) groups is 10. The summed E-state index contributed by atoms with van der Waals surface area (Å²) in [5.74, 6) is -3.86. The number of ketones is 1. The second kappa shape index (κ2) is 39.9. The van der Waals surface area contributed by atoms with Gasteiger partial charge in [0.2, 0.25) is 0 Å². The first-order valence-electron chi connectivity index (χ1n) is 22.8. The Morgan fingerprint density at radius 1 is 0.558 bits per heavy atom. The van der Waals surface area contributed by atoms with Crippen molar-refractivity contribution < 1.29 is 133 Å². The summed E-state index contributed by atoms with van der Waals surface area (Å²) in [5.41, 5.74) is 4.19. The molecule has 4 N–H and O–H groups in total. The molecule has 1 atom stereocenters. The van der Waals surface area contributed by atoms with Crippen LogP contribution in [0.2, 0.25) is 0 Å². The van der Waals surface area contributed by atoms with Crippen molar-refractivity contribution in [2.75, 3.05) is 48.1 Å². The summed E-state index contributed by atoms with van der Waals surface area (Å²) < 4.78 is 27.8. The Labute approximate surface area is 497 Å². The van der Waals surface area contributed by atoms with Crippen molar-refractivity contribution >= 4 is 70.5 Å². The zero-order valence-corrected chi connectivity index (χ0v) is 50.0. The molecule has 0 aromatic heterocycles. The first-order valence-corrected chi connectivity index (χ1v) is 23.2. The summed E-state index contributed by atoms with van der Waals surface area (Å²) in [7, 11) is 4.90. The molecule has 4 aromatic rings. The summed E-state index contributed by atoms with van der Waals surface area (Å²) in [6.45, 7) is 14.3. The number of nitrogens with one attached hydrogen (secondary N) is 2. The van der Waals surface area contributed by atoms with Crippen LogP contribution in [-0.2, 0) is 47.6 Å². The quantitative estimate of drug-likeness (QED) is 0.0458. The predicted molar refractivity (Wildman–Crippen MR) is 280 cm³/mol. The van der Waals surface area contributed by atoms with E-state index < -0.39 is 76.4 Å². The number of imide groups is 1. The molecule has 0 saturated heterocycles. The number of amides is 4. The van der Waals surface area contributed by atoms with Crippen LogP contribution in [0.15, 0.2) is 121 Å². The van der Waals surface area contributed by atoms with Crippen molar-refractivity contribution in [3.8, 4) is 0 Å². The minimum atomic E-state index is -1.44. The zero-order valence-electron chi connectivity index (χ0n) is 46.1. The Balaban J connectivity index is -0.000000911. The molecule has 0 spiro atoms. The van der Waals surface area contributed by atoms with Crippen LogP contribution in [0.25, 0.3) is 0 Å². The number of benzene rings is 4. The maximum atomic E-state index is 12.3. The molecule has 4 aromatic carbocycles. The van der Waals surface area contributed by atoms with Gasteiger partial charge < -0.3 is 49.9 Å². The van der Waals surface area contributed by atoms with Crippen LogP contribution in [0.4, 0.5) is 9.59 Å². The van der Waals surface area contributed by atoms with Crippen LogP contribution in [0.1, 0.15) is 104 Å². The van der Waals surface area contributed by atoms with E-state index in [-0.39, 0.29) is 81.9 Å². The van der Waals surface area contributed by atoms with Gasteiger partial charge in [-0.1, -0.05) is 118 Å². The Bertz CT molecular complexity index is 2420. The van der Waals surface area contributed by atoms with Gasteiger partial charge in [-0.05, 0) is 77.4 Å². The van der Waals surface area contributed by atoms with E-state index in [1.165, 1.54) is 21.3 Å². The molecule has 0 aliphatic carbocycles. The molecule has 0 radical (unpaired) electrons. The summed E-state index contributed by atoms with van der Waals surface area (Å²) >= 11 is 5.16. The average molecular weight is 1120 g/mol. The molecular weight excluding hydrogens is 1050 g/mol. The first-order chi connectivity index (χ1) is 35.3. The van der Waals surface area contributed by atoms with Crippen molar-refractivity contribution in [3.63, 3.8) is 0 Å². The Morgan fingerprint density at radius 3 is 1.26 bits per heavy atom. The van der Waals surface area contributed by atoms with Gasteiger partial charge >= 0.3 is 87.4 Å². The van der Waals surface area contributed by atoms with Crippen molar-refractivity contribution in [3.05, 3.63) is 144 Å². The zero-order chi connectivity index (χ0) is 58.7. The van der Waals surface area contributed by atoms with Gasteiger partial charge in [0.1, 0.15) is 24.3 Å². The molecular formula is C54H70ClKN4O17. The molecule has 21 nitrogen and oxygen atoms in total. The number of Topliss-reactive ketones (excluding diaryl/α,β-unsaturated/α-hetero) is 1. The van der Waals surface area contributed by atoms with Crippen LogP contribution in [0.5, 0.6) is 0 Å². The summed E-state index contributed by atoms with van der Waals surface area (Å²) in [6, 6.07) is 32.3. The smallest absolute Gasteiger partial charge is 0.850 e. The third-order valence-electron chi connectivity index (χ3n) is 7.87. The maximum Gasteiger partial charge on any atom is 1.00 e. The number of rotatable bonds is 12. The van der Waals surface area contributed by atoms with E-state index in [4.69, 9.17) is 26.8 Å². The molecule has 77 heavy (non-hydrogen) atoms. The third kappa shape index (κ3) is 38.8. The second-order valence-corrected chi connectivity index (χ2v) is 18.1. The Hall–Kier alpha value is -6.37. The molecule has 0 aliphatic rings. The Morgan fingerprint density at radius 2 is 0.935 bits per heavy atom. The van der Waals surface area contributed by atoms with E-state index in [9.17, 15) is 53.1 Å². The molecule has 0 fully saturated rings. The molecule has 416 valence electrons. The van der Waals surface area contributed by atoms with Crippen LogP contribution in [0, 0.1) is 0 Å². The van der Waals surface area contributed by atoms with Crippen molar-refractivity contribution in [1.82, 2.24) is 15.5 Å². The minimum Gasteiger partial charge on any atom is -0.850 e. The van der Waals surface area contributed by atoms with Crippen molar-refractivity contribution in [2.24, 2.45) is 5.73 Å². The van der Waals surface area contributed by atoms with E-state index in [1.54, 1.807) is 172 Å². The van der Waals surface area contributed by atoms with Gasteiger partial charge in [-0.3, -0.25) is 33.6 Å². The summed E-state index contributed by atoms with van der Waals surface area (Å²) in [6.07, 6.45) is -1.75. The number of carbonyl (C=O) groups excluding carboxylic acids is 10. The van der Waals surface area contributed by atoms with Gasteiger partial charge in [0.15, 0.2) is 11.8 Å². The molecule has 1 unspecified atom stereocenters. The predicted octanol–water partition coefficient (Wildman–Crippen LogP) is 3.09. The van der Waals surface area contributed by atoms with Crippen LogP contribution in [0.3, 0.4) is 0 Å². The molecule has 0 saturated carbocycles. The average Bonchev–Trinajstić information content (AvgIpc) is 3.37. The molecule has 4 amide bonds.